The Morgan fingerprint density at radius 2 is 1.83 bits per heavy atom. The molecule has 0 aliphatic heterocycles. The summed E-state index contributed by atoms with van der Waals surface area (Å²) < 4.78 is 2.25. The number of nitrogens with two attached hydrogens (primary N) is 1. The highest BCUT2D eigenvalue weighted by Gasteiger charge is 2.26. The van der Waals surface area contributed by atoms with Crippen molar-refractivity contribution in [2.24, 2.45) is 0 Å². The first kappa shape index (κ1) is 13.4. The number of rotatable bonds is 5. The van der Waals surface area contributed by atoms with Gasteiger partial charge in [-0.25, -0.2) is 4.98 Å². The maximum absolute atomic E-state index is 6.33. The predicted molar refractivity (Wildman–Crippen MR) is 76.8 cm³/mol. The van der Waals surface area contributed by atoms with E-state index in [1.807, 2.05) is 0 Å². The van der Waals surface area contributed by atoms with Gasteiger partial charge in [-0.1, -0.05) is 26.7 Å². The molecule has 0 radical (unpaired) electrons. The fraction of sp³-hybridized carbons (Fsp3) is 0.800. The van der Waals surface area contributed by atoms with E-state index < -0.39 is 0 Å². The molecule has 1 fully saturated rings. The van der Waals surface area contributed by atoms with Gasteiger partial charge in [0.05, 0.1) is 5.69 Å². The molecule has 0 aromatic carbocycles. The number of hydrogen-bond donors (Lipinski definition) is 1. The topological polar surface area (TPSA) is 43.8 Å². The average Bonchev–Trinajstić information content (AvgIpc) is 2.99. The number of nitrogen functional groups attached to an aromatic ring is 1. The average molecular weight is 249 g/mol. The zero-order chi connectivity index (χ0) is 13.1. The van der Waals surface area contributed by atoms with Crippen LogP contribution in [0.3, 0.4) is 0 Å². The zero-order valence-corrected chi connectivity index (χ0v) is 12.1. The lowest BCUT2D eigenvalue weighted by molar-refractivity contribution is 0.598. The Kier molecular flexibility index (Phi) is 4.31. The van der Waals surface area contributed by atoms with Gasteiger partial charge >= 0.3 is 0 Å². The number of anilines is 1. The molecule has 0 bridgehead atoms. The van der Waals surface area contributed by atoms with Crippen LogP contribution < -0.4 is 5.73 Å². The second-order valence-electron chi connectivity index (χ2n) is 5.48. The van der Waals surface area contributed by atoms with Crippen LogP contribution in [0, 0.1) is 0 Å². The minimum Gasteiger partial charge on any atom is -0.384 e. The van der Waals surface area contributed by atoms with Crippen LogP contribution >= 0.6 is 0 Å². The molecular formula is C15H27N3. The first-order chi connectivity index (χ1) is 8.72. The number of imidazole rings is 1. The van der Waals surface area contributed by atoms with E-state index >= 15 is 0 Å². The number of aromatic nitrogens is 2. The van der Waals surface area contributed by atoms with Gasteiger partial charge in [0, 0.05) is 18.4 Å². The molecule has 18 heavy (non-hydrogen) atoms. The quantitative estimate of drug-likeness (QED) is 0.855. The van der Waals surface area contributed by atoms with Gasteiger partial charge in [-0.3, -0.25) is 0 Å². The van der Waals surface area contributed by atoms with E-state index in [0.717, 1.165) is 30.9 Å². The van der Waals surface area contributed by atoms with Crippen LogP contribution in [-0.4, -0.2) is 9.55 Å². The Balaban J connectivity index is 2.37. The summed E-state index contributed by atoms with van der Waals surface area (Å²) in [5.74, 6) is 3.36. The molecule has 0 saturated heterocycles. The molecule has 3 nitrogen and oxygen atoms in total. The highest BCUT2D eigenvalue weighted by molar-refractivity contribution is 5.41. The molecule has 0 atom stereocenters. The molecule has 2 rings (SSSR count). The second-order valence-corrected chi connectivity index (χ2v) is 5.48. The van der Waals surface area contributed by atoms with Crippen molar-refractivity contribution >= 4 is 5.82 Å². The van der Waals surface area contributed by atoms with Crippen LogP contribution in [0.5, 0.6) is 0 Å². The molecule has 3 heteroatoms. The van der Waals surface area contributed by atoms with E-state index in [1.54, 1.807) is 0 Å². The third-order valence-electron chi connectivity index (χ3n) is 4.47. The van der Waals surface area contributed by atoms with Crippen molar-refractivity contribution in [1.29, 1.82) is 0 Å². The normalized spacial score (nSPS) is 16.9. The van der Waals surface area contributed by atoms with Gasteiger partial charge in [0.15, 0.2) is 0 Å². The lowest BCUT2D eigenvalue weighted by atomic mass is 9.99. The summed E-state index contributed by atoms with van der Waals surface area (Å²) in [6.07, 6.45) is 7.54. The largest absolute Gasteiger partial charge is 0.384 e. The summed E-state index contributed by atoms with van der Waals surface area (Å²) in [4.78, 5) is 4.94. The molecule has 1 aromatic rings. The molecule has 0 unspecified atom stereocenters. The smallest absolute Gasteiger partial charge is 0.127 e. The maximum atomic E-state index is 6.33. The van der Waals surface area contributed by atoms with E-state index in [-0.39, 0.29) is 0 Å². The molecule has 0 amide bonds. The van der Waals surface area contributed by atoms with Crippen LogP contribution in [0.4, 0.5) is 5.82 Å². The van der Waals surface area contributed by atoms with E-state index in [4.69, 9.17) is 10.7 Å². The fourth-order valence-corrected chi connectivity index (χ4v) is 3.31. The van der Waals surface area contributed by atoms with Crippen LogP contribution in [0.2, 0.25) is 0 Å². The molecule has 0 spiro atoms. The highest BCUT2D eigenvalue weighted by Crippen LogP contribution is 2.37. The van der Waals surface area contributed by atoms with Crippen molar-refractivity contribution in [3.63, 3.8) is 0 Å². The summed E-state index contributed by atoms with van der Waals surface area (Å²) in [6.45, 7) is 7.58. The standard InChI is InChI=1S/C15H27N3/c1-4-11(5-2)13-14(16)18(6-3)15(17-13)12-9-7-8-10-12/h11-12H,4-10,16H2,1-3H3. The summed E-state index contributed by atoms with van der Waals surface area (Å²) in [7, 11) is 0. The van der Waals surface area contributed by atoms with Crippen molar-refractivity contribution in [1.82, 2.24) is 9.55 Å². The molecular weight excluding hydrogens is 222 g/mol. The Labute approximate surface area is 111 Å². The molecule has 1 aliphatic rings. The lowest BCUT2D eigenvalue weighted by Gasteiger charge is -2.12. The van der Waals surface area contributed by atoms with Crippen molar-refractivity contribution in [3.8, 4) is 0 Å². The van der Waals surface area contributed by atoms with Gasteiger partial charge < -0.3 is 10.3 Å². The zero-order valence-electron chi connectivity index (χ0n) is 12.1. The van der Waals surface area contributed by atoms with Crippen molar-refractivity contribution < 1.29 is 0 Å². The van der Waals surface area contributed by atoms with Crippen LogP contribution in [0.25, 0.3) is 0 Å². The van der Waals surface area contributed by atoms with Gasteiger partial charge in [0.25, 0.3) is 0 Å². The van der Waals surface area contributed by atoms with Crippen LogP contribution in [0.15, 0.2) is 0 Å². The summed E-state index contributed by atoms with van der Waals surface area (Å²) in [5, 5.41) is 0. The van der Waals surface area contributed by atoms with E-state index in [1.165, 1.54) is 31.5 Å². The SMILES string of the molecule is CCC(CC)c1nc(C2CCCC2)n(CC)c1N. The lowest BCUT2D eigenvalue weighted by Crippen LogP contribution is -2.08. The minimum atomic E-state index is 0.526. The summed E-state index contributed by atoms with van der Waals surface area (Å²) in [6, 6.07) is 0. The monoisotopic (exact) mass is 249 g/mol. The summed E-state index contributed by atoms with van der Waals surface area (Å²) >= 11 is 0. The Morgan fingerprint density at radius 1 is 1.22 bits per heavy atom. The van der Waals surface area contributed by atoms with Gasteiger partial charge in [0.2, 0.25) is 0 Å². The first-order valence-electron chi connectivity index (χ1n) is 7.58. The summed E-state index contributed by atoms with van der Waals surface area (Å²) in [5.41, 5.74) is 7.49. The van der Waals surface area contributed by atoms with E-state index in [0.29, 0.717) is 11.8 Å². The van der Waals surface area contributed by atoms with Crippen molar-refractivity contribution in [2.75, 3.05) is 5.73 Å². The Morgan fingerprint density at radius 3 is 2.33 bits per heavy atom. The molecule has 1 heterocycles. The Bertz CT molecular complexity index is 385. The van der Waals surface area contributed by atoms with Gasteiger partial charge in [0.1, 0.15) is 11.6 Å². The Hall–Kier alpha value is -0.990. The maximum Gasteiger partial charge on any atom is 0.127 e. The molecule has 2 N–H and O–H groups in total. The fourth-order valence-electron chi connectivity index (χ4n) is 3.31. The van der Waals surface area contributed by atoms with Crippen LogP contribution in [-0.2, 0) is 6.54 Å². The first-order valence-corrected chi connectivity index (χ1v) is 7.58. The highest BCUT2D eigenvalue weighted by atomic mass is 15.1. The van der Waals surface area contributed by atoms with Crippen molar-refractivity contribution in [3.05, 3.63) is 11.5 Å². The van der Waals surface area contributed by atoms with Gasteiger partial charge in [-0.15, -0.1) is 0 Å². The van der Waals surface area contributed by atoms with Crippen molar-refractivity contribution in [2.45, 2.75) is 77.7 Å². The number of hydrogen-bond acceptors (Lipinski definition) is 2. The third-order valence-corrected chi connectivity index (χ3v) is 4.47. The molecule has 102 valence electrons. The molecule has 1 saturated carbocycles. The van der Waals surface area contributed by atoms with E-state index in [9.17, 15) is 0 Å². The van der Waals surface area contributed by atoms with Gasteiger partial charge in [-0.05, 0) is 32.6 Å². The van der Waals surface area contributed by atoms with Gasteiger partial charge in [-0.2, -0.15) is 0 Å². The van der Waals surface area contributed by atoms with Crippen LogP contribution in [0.1, 0.15) is 82.7 Å². The minimum absolute atomic E-state index is 0.526. The van der Waals surface area contributed by atoms with E-state index in [2.05, 4.69) is 25.3 Å². The molecule has 1 aromatic heterocycles. The predicted octanol–water partition coefficient (Wildman–Crippen LogP) is 4.05. The second kappa shape index (κ2) is 5.77. The number of nitrogens with zero attached hydrogens (tertiary/aromatic N) is 2. The third kappa shape index (κ3) is 2.27. The molecule has 1 aliphatic carbocycles.